The van der Waals surface area contributed by atoms with Gasteiger partial charge in [0.1, 0.15) is 11.2 Å². The molecule has 3 heterocycles. The molecule has 1 atom stereocenters. The molecular formula is C27H30ClF3N4O3. The fourth-order valence-corrected chi connectivity index (χ4v) is 5.51. The first-order valence-electron chi connectivity index (χ1n) is 12.6. The quantitative estimate of drug-likeness (QED) is 0.376. The van der Waals surface area contributed by atoms with Gasteiger partial charge in [-0.3, -0.25) is 9.69 Å². The number of anilines is 1. The molecule has 3 aromatic rings. The number of carbonyl (C=O) groups excluding carboxylic acids is 1. The van der Waals surface area contributed by atoms with E-state index in [2.05, 4.69) is 4.98 Å². The highest BCUT2D eigenvalue weighted by Crippen LogP contribution is 2.48. The zero-order valence-electron chi connectivity index (χ0n) is 21.2. The van der Waals surface area contributed by atoms with E-state index in [4.69, 9.17) is 16.3 Å². The summed E-state index contributed by atoms with van der Waals surface area (Å²) in [5, 5.41) is 10.9. The minimum Gasteiger partial charge on any atom is -0.356 e. The second-order valence-electron chi connectivity index (χ2n) is 10.5. The molecule has 2 aliphatic heterocycles. The third-order valence-electron chi connectivity index (χ3n) is 7.13. The summed E-state index contributed by atoms with van der Waals surface area (Å²) in [6, 6.07) is 12.6. The number of rotatable bonds is 9. The molecule has 38 heavy (non-hydrogen) atoms. The molecule has 1 amide bonds. The molecule has 204 valence electrons. The lowest BCUT2D eigenvalue weighted by Crippen LogP contribution is -2.66. The number of para-hydroxylation sites is 1. The van der Waals surface area contributed by atoms with Crippen LogP contribution in [0.5, 0.6) is 0 Å². The van der Waals surface area contributed by atoms with Crippen molar-refractivity contribution in [2.45, 2.75) is 57.8 Å². The number of aliphatic hydroxyl groups excluding tert-OH is 1. The van der Waals surface area contributed by atoms with Crippen LogP contribution in [0.4, 0.5) is 18.9 Å². The zero-order chi connectivity index (χ0) is 27.2. The molecule has 0 radical (unpaired) electrons. The van der Waals surface area contributed by atoms with Gasteiger partial charge in [-0.15, -0.1) is 0 Å². The van der Waals surface area contributed by atoms with Crippen LogP contribution < -0.4 is 4.90 Å². The average Bonchev–Trinajstić information content (AvgIpc) is 3.28. The zero-order valence-corrected chi connectivity index (χ0v) is 22.0. The normalized spacial score (nSPS) is 18.0. The number of benzene rings is 2. The van der Waals surface area contributed by atoms with Gasteiger partial charge in [-0.2, -0.15) is 13.2 Å². The SMILES string of the molecule is CC(C)COC(O)N1CC2(C1)C(=O)N(Cc1nc3cc(Cl)ccc3n1CCCC(F)(F)F)c1ccccc12. The molecule has 0 aliphatic carbocycles. The monoisotopic (exact) mass is 550 g/mol. The molecule has 1 aromatic heterocycles. The summed E-state index contributed by atoms with van der Waals surface area (Å²) in [6.07, 6.45) is -6.37. The topological polar surface area (TPSA) is 70.8 Å². The first kappa shape index (κ1) is 26.9. The molecule has 2 aromatic carbocycles. The Labute approximate surface area is 223 Å². The first-order valence-corrected chi connectivity index (χ1v) is 13.0. The molecule has 7 nitrogen and oxygen atoms in total. The smallest absolute Gasteiger partial charge is 0.356 e. The van der Waals surface area contributed by atoms with Gasteiger partial charge in [0.05, 0.1) is 24.2 Å². The van der Waals surface area contributed by atoms with Crippen LogP contribution >= 0.6 is 11.6 Å². The summed E-state index contributed by atoms with van der Waals surface area (Å²) in [5.74, 6) is 0.619. The van der Waals surface area contributed by atoms with Crippen molar-refractivity contribution >= 4 is 34.2 Å². The van der Waals surface area contributed by atoms with E-state index < -0.39 is 24.4 Å². The van der Waals surface area contributed by atoms with Crippen LogP contribution in [0.1, 0.15) is 38.1 Å². The van der Waals surface area contributed by atoms with E-state index >= 15 is 0 Å². The lowest BCUT2D eigenvalue weighted by molar-refractivity contribution is -0.229. The Hall–Kier alpha value is -2.66. The lowest BCUT2D eigenvalue weighted by Gasteiger charge is -2.48. The highest BCUT2D eigenvalue weighted by molar-refractivity contribution is 6.31. The molecule has 1 N–H and O–H groups in total. The number of likely N-dealkylation sites (tertiary alicyclic amines) is 1. The van der Waals surface area contributed by atoms with E-state index in [1.165, 1.54) is 0 Å². The van der Waals surface area contributed by atoms with Crippen LogP contribution in [0, 0.1) is 5.92 Å². The maximum atomic E-state index is 13.9. The maximum Gasteiger partial charge on any atom is 0.389 e. The summed E-state index contributed by atoms with van der Waals surface area (Å²) in [4.78, 5) is 21.9. The van der Waals surface area contributed by atoms with Crippen LogP contribution in [0.15, 0.2) is 42.5 Å². The lowest BCUT2D eigenvalue weighted by atomic mass is 9.75. The summed E-state index contributed by atoms with van der Waals surface area (Å²) in [6.45, 7) is 5.19. The molecule has 2 aliphatic rings. The van der Waals surface area contributed by atoms with Gasteiger partial charge in [0.2, 0.25) is 12.3 Å². The first-order chi connectivity index (χ1) is 18.0. The Morgan fingerprint density at radius 2 is 1.92 bits per heavy atom. The van der Waals surface area contributed by atoms with Crippen molar-refractivity contribution in [3.8, 4) is 0 Å². The van der Waals surface area contributed by atoms with Crippen molar-refractivity contribution in [1.29, 1.82) is 0 Å². The Morgan fingerprint density at radius 1 is 1.18 bits per heavy atom. The average molecular weight is 551 g/mol. The van der Waals surface area contributed by atoms with Gasteiger partial charge in [-0.25, -0.2) is 4.98 Å². The molecule has 0 saturated carbocycles. The van der Waals surface area contributed by atoms with Gasteiger partial charge in [-0.05, 0) is 42.2 Å². The van der Waals surface area contributed by atoms with Crippen molar-refractivity contribution < 1.29 is 27.8 Å². The fraction of sp³-hybridized carbons (Fsp3) is 0.481. The van der Waals surface area contributed by atoms with Gasteiger partial charge in [0, 0.05) is 36.8 Å². The highest BCUT2D eigenvalue weighted by Gasteiger charge is 2.59. The minimum atomic E-state index is -4.25. The number of nitrogens with zero attached hydrogens (tertiary/aromatic N) is 4. The fourth-order valence-electron chi connectivity index (χ4n) is 5.35. The van der Waals surface area contributed by atoms with Gasteiger partial charge in [0.25, 0.3) is 0 Å². The Bertz CT molecular complexity index is 1340. The number of aromatic nitrogens is 2. The van der Waals surface area contributed by atoms with E-state index in [0.29, 0.717) is 41.6 Å². The number of alkyl halides is 3. The highest BCUT2D eigenvalue weighted by atomic mass is 35.5. The second kappa shape index (κ2) is 10.1. The largest absolute Gasteiger partial charge is 0.389 e. The second-order valence-corrected chi connectivity index (χ2v) is 10.9. The summed E-state index contributed by atoms with van der Waals surface area (Å²) < 4.78 is 45.9. The van der Waals surface area contributed by atoms with E-state index in [1.807, 2.05) is 38.1 Å². The van der Waals surface area contributed by atoms with Crippen LogP contribution in [0.3, 0.4) is 0 Å². The van der Waals surface area contributed by atoms with Gasteiger partial charge in [0.15, 0.2) is 0 Å². The molecule has 1 fully saturated rings. The predicted molar refractivity (Wildman–Crippen MR) is 138 cm³/mol. The number of hydrogen-bond acceptors (Lipinski definition) is 5. The number of carbonyl (C=O) groups is 1. The van der Waals surface area contributed by atoms with Gasteiger partial charge < -0.3 is 19.3 Å². The third kappa shape index (κ3) is 5.02. The summed E-state index contributed by atoms with van der Waals surface area (Å²) in [5.41, 5.74) is 2.01. The number of hydrogen-bond donors (Lipinski definition) is 1. The van der Waals surface area contributed by atoms with Crippen molar-refractivity contribution in [2.75, 3.05) is 24.6 Å². The van der Waals surface area contributed by atoms with Crippen molar-refractivity contribution in [3.05, 3.63) is 58.9 Å². The number of imidazole rings is 1. The van der Waals surface area contributed by atoms with Crippen LogP contribution in [-0.4, -0.2) is 57.8 Å². The van der Waals surface area contributed by atoms with E-state index in [-0.39, 0.29) is 31.3 Å². The molecule has 1 saturated heterocycles. The van der Waals surface area contributed by atoms with E-state index in [9.17, 15) is 23.1 Å². The maximum absolute atomic E-state index is 13.9. The molecule has 5 rings (SSSR count). The minimum absolute atomic E-state index is 0.0995. The molecule has 1 spiro atoms. The number of amides is 1. The van der Waals surface area contributed by atoms with E-state index in [1.54, 1.807) is 32.6 Å². The Kier molecular flexibility index (Phi) is 7.19. The Balaban J connectivity index is 1.42. The summed E-state index contributed by atoms with van der Waals surface area (Å²) in [7, 11) is 0. The van der Waals surface area contributed by atoms with Crippen molar-refractivity contribution in [2.24, 2.45) is 5.92 Å². The Morgan fingerprint density at radius 3 is 2.63 bits per heavy atom. The molecule has 11 heteroatoms. The van der Waals surface area contributed by atoms with Crippen LogP contribution in [0.2, 0.25) is 5.02 Å². The van der Waals surface area contributed by atoms with Crippen LogP contribution in [0.25, 0.3) is 11.0 Å². The molecular weight excluding hydrogens is 521 g/mol. The number of halogens is 4. The number of aryl methyl sites for hydroxylation is 1. The van der Waals surface area contributed by atoms with Crippen molar-refractivity contribution in [3.63, 3.8) is 0 Å². The van der Waals surface area contributed by atoms with E-state index in [0.717, 1.165) is 11.3 Å². The standard InChI is InChI=1S/C27H30ClF3N4O3/c1-17(2)14-38-25(37)33-15-26(16-33)19-6-3-4-7-21(19)35(24(26)36)13-23-32-20-12-18(28)8-9-22(20)34(23)11-5-10-27(29,30)31/h3-4,6-9,12,17,25,37H,5,10-11,13-16H2,1-2H3. The van der Waals surface area contributed by atoms with Crippen molar-refractivity contribution in [1.82, 2.24) is 14.5 Å². The summed E-state index contributed by atoms with van der Waals surface area (Å²) >= 11 is 6.15. The van der Waals surface area contributed by atoms with Crippen LogP contribution in [-0.2, 0) is 28.0 Å². The van der Waals surface area contributed by atoms with Gasteiger partial charge in [-0.1, -0.05) is 43.6 Å². The molecule has 1 unspecified atom stereocenters. The number of fused-ring (bicyclic) bond motifs is 3. The number of aliphatic hydroxyl groups is 1. The molecule has 0 bridgehead atoms. The number of ether oxygens (including phenoxy) is 1. The van der Waals surface area contributed by atoms with Gasteiger partial charge >= 0.3 is 6.18 Å². The third-order valence-corrected chi connectivity index (χ3v) is 7.37. The predicted octanol–water partition coefficient (Wildman–Crippen LogP) is 5.08.